The van der Waals surface area contributed by atoms with Gasteiger partial charge in [0.25, 0.3) is 0 Å². The monoisotopic (exact) mass is 320 g/mol. The number of rotatable bonds is 7. The first-order valence-corrected chi connectivity index (χ1v) is 8.79. The van der Waals surface area contributed by atoms with Crippen molar-refractivity contribution < 1.29 is 9.53 Å². The number of aromatic nitrogens is 2. The Hall–Kier alpha value is -1.56. The molecule has 3 rings (SSSR count). The number of ether oxygens (including phenoxy) is 1. The molecule has 2 amide bonds. The van der Waals surface area contributed by atoms with Crippen molar-refractivity contribution in [2.24, 2.45) is 5.41 Å². The molecule has 2 N–H and O–H groups in total. The van der Waals surface area contributed by atoms with Gasteiger partial charge in [0.1, 0.15) is 0 Å². The number of hydrogen-bond acceptors (Lipinski definition) is 3. The molecule has 6 nitrogen and oxygen atoms in total. The van der Waals surface area contributed by atoms with Gasteiger partial charge in [0.15, 0.2) is 0 Å². The summed E-state index contributed by atoms with van der Waals surface area (Å²) < 4.78 is 7.73. The lowest BCUT2D eigenvalue weighted by molar-refractivity contribution is -0.169. The standard InChI is InChI=1S/C17H28N4O2/c1-3-23-15-10-14(17(15)6-4-7-17)20-16(22)18-8-5-9-21-12-13(2)11-19-21/h11-12,14-15H,3-10H2,1-2H3,(H2,18,20,22)/t14-,15-/m0/s1. The number of urea groups is 1. The Balaban J connectivity index is 1.35. The molecule has 1 heterocycles. The molecule has 2 atom stereocenters. The van der Waals surface area contributed by atoms with Gasteiger partial charge in [-0.2, -0.15) is 5.10 Å². The van der Waals surface area contributed by atoms with Crippen LogP contribution < -0.4 is 10.6 Å². The van der Waals surface area contributed by atoms with E-state index in [0.29, 0.717) is 12.6 Å². The van der Waals surface area contributed by atoms with Crippen molar-refractivity contribution in [3.05, 3.63) is 18.0 Å². The lowest BCUT2D eigenvalue weighted by Gasteiger charge is -2.60. The Labute approximate surface area is 138 Å². The zero-order valence-corrected chi connectivity index (χ0v) is 14.2. The molecular formula is C17H28N4O2. The summed E-state index contributed by atoms with van der Waals surface area (Å²) in [6.45, 7) is 6.33. The minimum Gasteiger partial charge on any atom is -0.378 e. The first-order chi connectivity index (χ1) is 11.1. The van der Waals surface area contributed by atoms with Crippen molar-refractivity contribution in [3.8, 4) is 0 Å². The molecule has 2 aliphatic rings. The molecule has 2 aliphatic carbocycles. The molecule has 128 valence electrons. The zero-order chi connectivity index (χ0) is 16.3. The summed E-state index contributed by atoms with van der Waals surface area (Å²) in [5.74, 6) is 0. The van der Waals surface area contributed by atoms with Crippen LogP contribution in [0.1, 0.15) is 44.6 Å². The number of carbonyl (C=O) groups is 1. The molecule has 2 fully saturated rings. The molecule has 23 heavy (non-hydrogen) atoms. The largest absolute Gasteiger partial charge is 0.378 e. The summed E-state index contributed by atoms with van der Waals surface area (Å²) >= 11 is 0. The van der Waals surface area contributed by atoms with Gasteiger partial charge in [-0.1, -0.05) is 6.42 Å². The van der Waals surface area contributed by atoms with Crippen LogP contribution in [0.15, 0.2) is 12.4 Å². The predicted molar refractivity (Wildman–Crippen MR) is 88.2 cm³/mol. The molecule has 0 aliphatic heterocycles. The molecule has 0 bridgehead atoms. The first-order valence-electron chi connectivity index (χ1n) is 8.79. The van der Waals surface area contributed by atoms with Gasteiger partial charge in [0.05, 0.1) is 12.3 Å². The van der Waals surface area contributed by atoms with Gasteiger partial charge in [0, 0.05) is 37.4 Å². The van der Waals surface area contributed by atoms with E-state index in [1.165, 1.54) is 19.3 Å². The first kappa shape index (κ1) is 16.3. The normalized spacial score (nSPS) is 24.8. The van der Waals surface area contributed by atoms with Crippen LogP contribution in [0.25, 0.3) is 0 Å². The van der Waals surface area contributed by atoms with E-state index in [9.17, 15) is 4.79 Å². The Morgan fingerprint density at radius 1 is 1.52 bits per heavy atom. The number of carbonyl (C=O) groups excluding carboxylic acids is 1. The van der Waals surface area contributed by atoms with Gasteiger partial charge < -0.3 is 15.4 Å². The maximum Gasteiger partial charge on any atom is 0.315 e. The molecule has 0 radical (unpaired) electrons. The van der Waals surface area contributed by atoms with Crippen LogP contribution >= 0.6 is 0 Å². The summed E-state index contributed by atoms with van der Waals surface area (Å²) in [5.41, 5.74) is 1.38. The predicted octanol–water partition coefficient (Wildman–Crippen LogP) is 2.23. The van der Waals surface area contributed by atoms with E-state index in [1.807, 2.05) is 30.9 Å². The molecular weight excluding hydrogens is 292 g/mol. The molecule has 0 saturated heterocycles. The molecule has 1 aromatic rings. The quantitative estimate of drug-likeness (QED) is 0.757. The second-order valence-electron chi connectivity index (χ2n) is 6.85. The summed E-state index contributed by atoms with van der Waals surface area (Å²) in [6, 6.07) is 0.231. The highest BCUT2D eigenvalue weighted by molar-refractivity contribution is 5.74. The summed E-state index contributed by atoms with van der Waals surface area (Å²) in [6.07, 6.45) is 9.66. The maximum absolute atomic E-state index is 12.1. The van der Waals surface area contributed by atoms with Gasteiger partial charge in [-0.15, -0.1) is 0 Å². The lowest BCUT2D eigenvalue weighted by Crippen LogP contribution is -2.68. The van der Waals surface area contributed by atoms with Crippen molar-refractivity contribution in [1.29, 1.82) is 0 Å². The summed E-state index contributed by atoms with van der Waals surface area (Å²) in [5, 5.41) is 10.3. The molecule has 2 saturated carbocycles. The van der Waals surface area contributed by atoms with Crippen LogP contribution in [0.5, 0.6) is 0 Å². The van der Waals surface area contributed by atoms with E-state index in [1.54, 1.807) is 0 Å². The van der Waals surface area contributed by atoms with Crippen LogP contribution in [-0.2, 0) is 11.3 Å². The number of aryl methyl sites for hydroxylation is 2. The Kier molecular flexibility index (Phi) is 4.90. The second-order valence-corrected chi connectivity index (χ2v) is 6.85. The smallest absolute Gasteiger partial charge is 0.315 e. The van der Waals surface area contributed by atoms with Crippen LogP contribution in [0.4, 0.5) is 4.79 Å². The number of nitrogens with zero attached hydrogens (tertiary/aromatic N) is 2. The Morgan fingerprint density at radius 3 is 2.96 bits per heavy atom. The SMILES string of the molecule is CCO[C@H]1C[C@H](NC(=O)NCCCn2cc(C)cn2)C12CCC2. The third-order valence-corrected chi connectivity index (χ3v) is 5.35. The molecule has 6 heteroatoms. The van der Waals surface area contributed by atoms with Crippen LogP contribution in [0, 0.1) is 12.3 Å². The highest BCUT2D eigenvalue weighted by atomic mass is 16.5. The Morgan fingerprint density at radius 2 is 2.35 bits per heavy atom. The number of hydrogen-bond donors (Lipinski definition) is 2. The minimum atomic E-state index is -0.0483. The molecule has 1 aromatic heterocycles. The lowest BCUT2D eigenvalue weighted by atomic mass is 9.51. The van der Waals surface area contributed by atoms with Crippen molar-refractivity contribution >= 4 is 6.03 Å². The summed E-state index contributed by atoms with van der Waals surface area (Å²) in [4.78, 5) is 12.1. The van der Waals surface area contributed by atoms with Crippen molar-refractivity contribution in [2.75, 3.05) is 13.2 Å². The highest BCUT2D eigenvalue weighted by Gasteiger charge is 2.59. The van der Waals surface area contributed by atoms with E-state index in [-0.39, 0.29) is 17.5 Å². The third kappa shape index (κ3) is 3.37. The third-order valence-electron chi connectivity index (χ3n) is 5.35. The second kappa shape index (κ2) is 6.91. The molecule has 0 unspecified atom stereocenters. The van der Waals surface area contributed by atoms with E-state index >= 15 is 0 Å². The topological polar surface area (TPSA) is 68.2 Å². The van der Waals surface area contributed by atoms with E-state index in [4.69, 9.17) is 4.74 Å². The highest BCUT2D eigenvalue weighted by Crippen LogP contribution is 2.57. The number of nitrogens with one attached hydrogen (secondary N) is 2. The van der Waals surface area contributed by atoms with E-state index < -0.39 is 0 Å². The van der Waals surface area contributed by atoms with Crippen LogP contribution in [0.2, 0.25) is 0 Å². The van der Waals surface area contributed by atoms with Gasteiger partial charge in [-0.25, -0.2) is 4.79 Å². The van der Waals surface area contributed by atoms with E-state index in [2.05, 4.69) is 15.7 Å². The van der Waals surface area contributed by atoms with Crippen molar-refractivity contribution in [1.82, 2.24) is 20.4 Å². The Bertz CT molecular complexity index is 538. The van der Waals surface area contributed by atoms with Gasteiger partial charge in [-0.05, 0) is 45.1 Å². The van der Waals surface area contributed by atoms with Gasteiger partial charge in [0.2, 0.25) is 0 Å². The van der Waals surface area contributed by atoms with Gasteiger partial charge >= 0.3 is 6.03 Å². The average molecular weight is 320 g/mol. The zero-order valence-electron chi connectivity index (χ0n) is 14.2. The maximum atomic E-state index is 12.1. The minimum absolute atomic E-state index is 0.0483. The summed E-state index contributed by atoms with van der Waals surface area (Å²) in [7, 11) is 0. The van der Waals surface area contributed by atoms with Crippen LogP contribution in [-0.4, -0.2) is 41.1 Å². The fourth-order valence-electron chi connectivity index (χ4n) is 3.88. The van der Waals surface area contributed by atoms with Crippen LogP contribution in [0.3, 0.4) is 0 Å². The fraction of sp³-hybridized carbons (Fsp3) is 0.765. The fourth-order valence-corrected chi connectivity index (χ4v) is 3.88. The average Bonchev–Trinajstić information content (AvgIpc) is 2.86. The van der Waals surface area contributed by atoms with Crippen molar-refractivity contribution in [3.63, 3.8) is 0 Å². The number of amides is 2. The van der Waals surface area contributed by atoms with Gasteiger partial charge in [-0.3, -0.25) is 4.68 Å². The molecule has 0 aromatic carbocycles. The van der Waals surface area contributed by atoms with Crippen molar-refractivity contribution in [2.45, 2.75) is 64.6 Å². The van der Waals surface area contributed by atoms with E-state index in [0.717, 1.165) is 31.6 Å². The molecule has 1 spiro atoms.